The highest BCUT2D eigenvalue weighted by atomic mass is 19.1. The van der Waals surface area contributed by atoms with E-state index >= 15 is 0 Å². The summed E-state index contributed by atoms with van der Waals surface area (Å²) in [6.07, 6.45) is 7.56. The fourth-order valence-electron chi connectivity index (χ4n) is 3.14. The number of nitrogens with two attached hydrogens (primary N) is 1. The molecule has 1 unspecified atom stereocenters. The van der Waals surface area contributed by atoms with Crippen molar-refractivity contribution in [3.8, 4) is 0 Å². The maximum Gasteiger partial charge on any atom is 0.211 e. The van der Waals surface area contributed by atoms with E-state index in [1.54, 1.807) is 12.3 Å². The smallest absolute Gasteiger partial charge is 0.211 e. The van der Waals surface area contributed by atoms with Crippen LogP contribution in [0.5, 0.6) is 0 Å². The number of nitrogens with one attached hydrogen (secondary N) is 1. The predicted molar refractivity (Wildman–Crippen MR) is 94.2 cm³/mol. The van der Waals surface area contributed by atoms with E-state index in [1.165, 1.54) is 18.9 Å². The third-order valence-corrected chi connectivity index (χ3v) is 4.19. The standard InChI is InChI=1S/C17H23FN6/c1-3-14-16(21-11(2)19)24(12-7-4-5-8-12)17(22-14)23-15-13(18)9-6-10-20-15/h3,6,9-12H,4-5,7-8,19H2,1-2H3,(H,20,22,23)/b14-3+,21-16+. The van der Waals surface area contributed by atoms with Gasteiger partial charge in [0.2, 0.25) is 5.96 Å². The van der Waals surface area contributed by atoms with Crippen molar-refractivity contribution in [2.24, 2.45) is 15.7 Å². The number of hydrogen-bond donors (Lipinski definition) is 2. The van der Waals surface area contributed by atoms with E-state index in [9.17, 15) is 4.39 Å². The summed E-state index contributed by atoms with van der Waals surface area (Å²) in [5.74, 6) is 1.06. The van der Waals surface area contributed by atoms with Crippen LogP contribution in [-0.4, -0.2) is 33.9 Å². The van der Waals surface area contributed by atoms with Crippen molar-refractivity contribution in [1.82, 2.24) is 9.88 Å². The zero-order valence-electron chi connectivity index (χ0n) is 14.0. The number of aromatic nitrogens is 1. The number of anilines is 1. The molecule has 1 atom stereocenters. The van der Waals surface area contributed by atoms with Gasteiger partial charge in [-0.3, -0.25) is 4.90 Å². The second-order valence-corrected chi connectivity index (χ2v) is 6.07. The molecule has 0 amide bonds. The maximum absolute atomic E-state index is 14.0. The minimum Gasteiger partial charge on any atom is -0.310 e. The third kappa shape index (κ3) is 3.31. The topological polar surface area (TPSA) is 78.9 Å². The van der Waals surface area contributed by atoms with Crippen molar-refractivity contribution in [3.05, 3.63) is 35.9 Å². The molecule has 1 aromatic rings. The zero-order chi connectivity index (χ0) is 17.1. The molecule has 0 spiro atoms. The Bertz CT molecular complexity index is 688. The number of amidine groups is 1. The fourth-order valence-corrected chi connectivity index (χ4v) is 3.14. The Balaban J connectivity index is 1.97. The van der Waals surface area contributed by atoms with E-state index < -0.39 is 5.82 Å². The Hall–Kier alpha value is -2.28. The van der Waals surface area contributed by atoms with Gasteiger partial charge in [-0.25, -0.2) is 19.4 Å². The van der Waals surface area contributed by atoms with Gasteiger partial charge in [0.25, 0.3) is 0 Å². The van der Waals surface area contributed by atoms with Gasteiger partial charge in [-0.05, 0) is 38.8 Å². The van der Waals surface area contributed by atoms with E-state index in [0.717, 1.165) is 24.4 Å². The quantitative estimate of drug-likeness (QED) is 0.893. The van der Waals surface area contributed by atoms with Gasteiger partial charge in [0.15, 0.2) is 17.5 Å². The van der Waals surface area contributed by atoms with Crippen LogP contribution in [0.1, 0.15) is 39.5 Å². The van der Waals surface area contributed by atoms with Gasteiger partial charge < -0.3 is 11.1 Å². The minimum absolute atomic E-state index is 0.164. The van der Waals surface area contributed by atoms with Crippen molar-refractivity contribution in [3.63, 3.8) is 0 Å². The molecule has 3 N–H and O–H groups in total. The molecular weight excluding hydrogens is 307 g/mol. The molecule has 1 saturated carbocycles. The summed E-state index contributed by atoms with van der Waals surface area (Å²) < 4.78 is 14.0. The van der Waals surface area contributed by atoms with Crippen LogP contribution in [0.4, 0.5) is 10.2 Å². The molecule has 2 aliphatic rings. The lowest BCUT2D eigenvalue weighted by Crippen LogP contribution is -2.44. The van der Waals surface area contributed by atoms with Crippen LogP contribution < -0.4 is 11.1 Å². The van der Waals surface area contributed by atoms with Crippen molar-refractivity contribution in [2.75, 3.05) is 5.32 Å². The zero-order valence-corrected chi connectivity index (χ0v) is 14.0. The molecule has 0 saturated heterocycles. The average molecular weight is 330 g/mol. The van der Waals surface area contributed by atoms with Gasteiger partial charge in [-0.2, -0.15) is 0 Å². The Morgan fingerprint density at radius 3 is 2.83 bits per heavy atom. The van der Waals surface area contributed by atoms with Crippen LogP contribution in [0, 0.1) is 5.82 Å². The molecule has 6 nitrogen and oxygen atoms in total. The lowest BCUT2D eigenvalue weighted by atomic mass is 10.2. The van der Waals surface area contributed by atoms with Crippen molar-refractivity contribution < 1.29 is 4.39 Å². The van der Waals surface area contributed by atoms with E-state index in [-0.39, 0.29) is 18.0 Å². The molecule has 0 aromatic carbocycles. The van der Waals surface area contributed by atoms with Gasteiger partial charge in [-0.15, -0.1) is 0 Å². The van der Waals surface area contributed by atoms with Gasteiger partial charge in [0.05, 0.1) is 6.17 Å². The number of hydrogen-bond acceptors (Lipinski definition) is 5. The summed E-state index contributed by atoms with van der Waals surface area (Å²) in [5, 5.41) is 3.03. The monoisotopic (exact) mass is 330 g/mol. The molecule has 1 aliphatic heterocycles. The van der Waals surface area contributed by atoms with Gasteiger partial charge >= 0.3 is 0 Å². The molecule has 1 aliphatic carbocycles. The average Bonchev–Trinajstić information content (AvgIpc) is 3.17. The number of guanidine groups is 1. The molecular formula is C17H23FN6. The number of aliphatic imine (C=N–C) groups is 2. The molecule has 24 heavy (non-hydrogen) atoms. The molecule has 3 rings (SSSR count). The first-order chi connectivity index (χ1) is 11.6. The molecule has 2 heterocycles. The Kier molecular flexibility index (Phi) is 4.89. The van der Waals surface area contributed by atoms with Crippen LogP contribution in [-0.2, 0) is 0 Å². The van der Waals surface area contributed by atoms with Crippen molar-refractivity contribution >= 4 is 17.6 Å². The first-order valence-electron chi connectivity index (χ1n) is 8.35. The first kappa shape index (κ1) is 16.6. The Morgan fingerprint density at radius 2 is 2.21 bits per heavy atom. The minimum atomic E-state index is -0.411. The SMILES string of the molecule is C/C=C1/N=C(Nc2ncccc2F)N(C2CCCC2)/C1=N/C(C)N. The summed E-state index contributed by atoms with van der Waals surface area (Å²) in [6, 6.07) is 3.22. The molecule has 128 valence electrons. The third-order valence-electron chi connectivity index (χ3n) is 4.19. The Labute approximate surface area is 141 Å². The number of pyridine rings is 1. The maximum atomic E-state index is 14.0. The highest BCUT2D eigenvalue weighted by molar-refractivity contribution is 6.18. The molecule has 0 radical (unpaired) electrons. The van der Waals surface area contributed by atoms with Crippen LogP contribution in [0.3, 0.4) is 0 Å². The summed E-state index contributed by atoms with van der Waals surface area (Å²) in [5.41, 5.74) is 6.64. The predicted octanol–water partition coefficient (Wildman–Crippen LogP) is 2.85. The van der Waals surface area contributed by atoms with E-state index in [2.05, 4.69) is 25.2 Å². The van der Waals surface area contributed by atoms with Gasteiger partial charge in [0, 0.05) is 12.2 Å². The second kappa shape index (κ2) is 7.09. The van der Waals surface area contributed by atoms with E-state index in [1.807, 2.05) is 19.9 Å². The van der Waals surface area contributed by atoms with E-state index in [0.29, 0.717) is 5.96 Å². The lowest BCUT2D eigenvalue weighted by Gasteiger charge is -2.28. The molecule has 1 fully saturated rings. The number of nitrogens with zero attached hydrogens (tertiary/aromatic N) is 4. The van der Waals surface area contributed by atoms with Crippen molar-refractivity contribution in [2.45, 2.75) is 51.7 Å². The summed E-state index contributed by atoms with van der Waals surface area (Å²) in [4.78, 5) is 15.3. The molecule has 1 aromatic heterocycles. The highest BCUT2D eigenvalue weighted by Gasteiger charge is 2.35. The number of rotatable bonds is 3. The molecule has 0 bridgehead atoms. The van der Waals surface area contributed by atoms with Crippen LogP contribution in [0.2, 0.25) is 0 Å². The van der Waals surface area contributed by atoms with Crippen LogP contribution in [0.15, 0.2) is 40.1 Å². The van der Waals surface area contributed by atoms with Crippen molar-refractivity contribution in [1.29, 1.82) is 0 Å². The fraction of sp³-hybridized carbons (Fsp3) is 0.471. The highest BCUT2D eigenvalue weighted by Crippen LogP contribution is 2.30. The second-order valence-electron chi connectivity index (χ2n) is 6.07. The summed E-state index contributed by atoms with van der Waals surface area (Å²) >= 11 is 0. The summed E-state index contributed by atoms with van der Waals surface area (Å²) in [7, 11) is 0. The lowest BCUT2D eigenvalue weighted by molar-refractivity contribution is 0.445. The van der Waals surface area contributed by atoms with E-state index in [4.69, 9.17) is 5.73 Å². The van der Waals surface area contributed by atoms with Gasteiger partial charge in [0.1, 0.15) is 5.70 Å². The summed E-state index contributed by atoms with van der Waals surface area (Å²) in [6.45, 7) is 3.74. The molecule has 7 heteroatoms. The number of allylic oxidation sites excluding steroid dienone is 1. The number of halogens is 1. The van der Waals surface area contributed by atoms with Crippen LogP contribution in [0.25, 0.3) is 0 Å². The normalized spacial score (nSPS) is 23.2. The largest absolute Gasteiger partial charge is 0.310 e. The van der Waals surface area contributed by atoms with Crippen LogP contribution >= 0.6 is 0 Å². The Morgan fingerprint density at radius 1 is 1.46 bits per heavy atom. The first-order valence-corrected chi connectivity index (χ1v) is 8.35. The van der Waals surface area contributed by atoms with Gasteiger partial charge in [-0.1, -0.05) is 18.9 Å².